The molecule has 3 nitrogen and oxygen atoms in total. The Morgan fingerprint density at radius 3 is 2.95 bits per heavy atom. The fourth-order valence-electron chi connectivity index (χ4n) is 4.16. The van der Waals surface area contributed by atoms with Gasteiger partial charge in [0.05, 0.1) is 5.52 Å². The molecule has 0 bridgehead atoms. The molecule has 2 aliphatic rings. The lowest BCUT2D eigenvalue weighted by Crippen LogP contribution is -2.38. The van der Waals surface area contributed by atoms with Crippen molar-refractivity contribution in [1.29, 1.82) is 0 Å². The number of rotatable bonds is 3. The fourth-order valence-corrected chi connectivity index (χ4v) is 4.16. The fraction of sp³-hybridized carbons (Fsp3) is 0.500. The molecule has 1 aromatic carbocycles. The maximum absolute atomic E-state index is 4.46. The number of nitrogens with zero attached hydrogens (tertiary/aromatic N) is 1. The molecule has 0 amide bonds. The van der Waals surface area contributed by atoms with Gasteiger partial charge in [-0.05, 0) is 62.4 Å². The third kappa shape index (κ3) is 2.51. The van der Waals surface area contributed by atoms with Crippen LogP contribution in [0.1, 0.15) is 32.1 Å². The second-order valence-corrected chi connectivity index (χ2v) is 6.42. The van der Waals surface area contributed by atoms with E-state index in [9.17, 15) is 0 Å². The maximum atomic E-state index is 4.46. The smallest absolute Gasteiger partial charge is 0.0722 e. The number of hydrogen-bond donors (Lipinski definition) is 2. The molecule has 3 unspecified atom stereocenters. The van der Waals surface area contributed by atoms with Crippen LogP contribution in [0, 0.1) is 5.92 Å². The number of nitrogens with one attached hydrogen (secondary N) is 2. The van der Waals surface area contributed by atoms with Crippen molar-refractivity contribution in [3.05, 3.63) is 36.5 Å². The van der Waals surface area contributed by atoms with Crippen LogP contribution in [0.2, 0.25) is 0 Å². The largest absolute Gasteiger partial charge is 0.381 e. The highest BCUT2D eigenvalue weighted by atomic mass is 15.0. The first-order chi connectivity index (χ1) is 10.4. The highest BCUT2D eigenvalue weighted by molar-refractivity contribution is 5.91. The Morgan fingerprint density at radius 2 is 2.05 bits per heavy atom. The molecule has 1 aromatic heterocycles. The molecule has 4 rings (SSSR count). The molecular weight excluding hydrogens is 258 g/mol. The number of anilines is 1. The van der Waals surface area contributed by atoms with E-state index in [2.05, 4.69) is 39.9 Å². The van der Waals surface area contributed by atoms with E-state index in [4.69, 9.17) is 0 Å². The highest BCUT2D eigenvalue weighted by Crippen LogP contribution is 2.35. The summed E-state index contributed by atoms with van der Waals surface area (Å²) in [5.41, 5.74) is 2.33. The Morgan fingerprint density at radius 1 is 1.05 bits per heavy atom. The number of aromatic nitrogens is 1. The van der Waals surface area contributed by atoms with Crippen LogP contribution in [-0.4, -0.2) is 23.6 Å². The molecule has 21 heavy (non-hydrogen) atoms. The zero-order valence-corrected chi connectivity index (χ0v) is 12.4. The molecular formula is C18H23N3. The Balaban J connectivity index is 1.59. The van der Waals surface area contributed by atoms with Crippen LogP contribution in [0.25, 0.3) is 10.9 Å². The molecule has 2 fully saturated rings. The minimum absolute atomic E-state index is 0.603. The lowest BCUT2D eigenvalue weighted by Gasteiger charge is -2.27. The number of pyridine rings is 1. The van der Waals surface area contributed by atoms with E-state index in [0.717, 1.165) is 17.5 Å². The van der Waals surface area contributed by atoms with Crippen LogP contribution in [0.15, 0.2) is 36.5 Å². The van der Waals surface area contributed by atoms with Gasteiger partial charge in [0.2, 0.25) is 0 Å². The molecule has 0 spiro atoms. The average molecular weight is 281 g/mol. The van der Waals surface area contributed by atoms with Crippen molar-refractivity contribution in [3.8, 4) is 0 Å². The zero-order valence-electron chi connectivity index (χ0n) is 12.4. The Labute approximate surface area is 126 Å². The molecule has 3 heteroatoms. The molecule has 3 atom stereocenters. The summed E-state index contributed by atoms with van der Waals surface area (Å²) in [6.07, 6.45) is 8.56. The quantitative estimate of drug-likeness (QED) is 0.903. The molecule has 110 valence electrons. The van der Waals surface area contributed by atoms with E-state index in [1.165, 1.54) is 49.7 Å². The Bertz CT molecular complexity index is 613. The van der Waals surface area contributed by atoms with Gasteiger partial charge in [-0.2, -0.15) is 0 Å². The molecule has 2 aromatic rings. The van der Waals surface area contributed by atoms with Gasteiger partial charge in [-0.1, -0.05) is 12.5 Å². The first kappa shape index (κ1) is 13.1. The van der Waals surface area contributed by atoms with Crippen molar-refractivity contribution in [3.63, 3.8) is 0 Å². The van der Waals surface area contributed by atoms with Crippen LogP contribution in [0.4, 0.5) is 5.69 Å². The molecule has 2 heterocycles. The van der Waals surface area contributed by atoms with E-state index in [-0.39, 0.29) is 0 Å². The van der Waals surface area contributed by atoms with Gasteiger partial charge in [-0.25, -0.2) is 0 Å². The monoisotopic (exact) mass is 281 g/mol. The average Bonchev–Trinajstić information content (AvgIpc) is 3.18. The normalized spacial score (nSPS) is 29.0. The van der Waals surface area contributed by atoms with Gasteiger partial charge >= 0.3 is 0 Å². The maximum Gasteiger partial charge on any atom is 0.0722 e. The molecule has 1 saturated heterocycles. The van der Waals surface area contributed by atoms with Crippen molar-refractivity contribution < 1.29 is 0 Å². The summed E-state index contributed by atoms with van der Waals surface area (Å²) in [7, 11) is 0. The minimum atomic E-state index is 0.603. The van der Waals surface area contributed by atoms with Crippen molar-refractivity contribution in [2.24, 2.45) is 5.92 Å². The molecule has 0 radical (unpaired) electrons. The van der Waals surface area contributed by atoms with Gasteiger partial charge in [-0.15, -0.1) is 0 Å². The topological polar surface area (TPSA) is 37.0 Å². The SMILES string of the molecule is c1cc(NC2CCCC2C2CCCN2)c2cccnc2c1. The first-order valence-corrected chi connectivity index (χ1v) is 8.25. The summed E-state index contributed by atoms with van der Waals surface area (Å²) in [5.74, 6) is 0.777. The van der Waals surface area contributed by atoms with Crippen LogP contribution in [0.5, 0.6) is 0 Å². The van der Waals surface area contributed by atoms with Gasteiger partial charge in [0.1, 0.15) is 0 Å². The lowest BCUT2D eigenvalue weighted by atomic mass is 9.93. The minimum Gasteiger partial charge on any atom is -0.381 e. The Hall–Kier alpha value is -1.61. The summed E-state index contributed by atoms with van der Waals surface area (Å²) in [5, 5.41) is 8.77. The third-order valence-corrected chi connectivity index (χ3v) is 5.17. The van der Waals surface area contributed by atoms with Crippen LogP contribution >= 0.6 is 0 Å². The second-order valence-electron chi connectivity index (χ2n) is 6.42. The van der Waals surface area contributed by atoms with Crippen LogP contribution in [-0.2, 0) is 0 Å². The van der Waals surface area contributed by atoms with E-state index in [1.54, 1.807) is 0 Å². The zero-order chi connectivity index (χ0) is 14.1. The number of fused-ring (bicyclic) bond motifs is 1. The standard InChI is InChI=1S/C18H23N3/c1-5-13(16-10-4-12-20-16)17(8-1)21-18-9-2-7-15-14(18)6-3-11-19-15/h2-3,6-7,9,11,13,16-17,20-21H,1,4-5,8,10,12H2. The lowest BCUT2D eigenvalue weighted by molar-refractivity contribution is 0.376. The van der Waals surface area contributed by atoms with E-state index in [0.29, 0.717) is 6.04 Å². The van der Waals surface area contributed by atoms with Crippen molar-refractivity contribution in [1.82, 2.24) is 10.3 Å². The van der Waals surface area contributed by atoms with E-state index >= 15 is 0 Å². The predicted molar refractivity (Wildman–Crippen MR) is 87.5 cm³/mol. The second kappa shape index (κ2) is 5.64. The van der Waals surface area contributed by atoms with Gasteiger partial charge < -0.3 is 10.6 Å². The summed E-state index contributed by atoms with van der Waals surface area (Å²) in [6.45, 7) is 1.20. The van der Waals surface area contributed by atoms with E-state index < -0.39 is 0 Å². The summed E-state index contributed by atoms with van der Waals surface area (Å²) in [4.78, 5) is 4.46. The molecule has 1 saturated carbocycles. The van der Waals surface area contributed by atoms with Crippen LogP contribution in [0.3, 0.4) is 0 Å². The van der Waals surface area contributed by atoms with E-state index in [1.807, 2.05) is 12.3 Å². The molecule has 1 aliphatic carbocycles. The predicted octanol–water partition coefficient (Wildman–Crippen LogP) is 3.57. The van der Waals surface area contributed by atoms with Gasteiger partial charge in [0.25, 0.3) is 0 Å². The molecule has 1 aliphatic heterocycles. The summed E-state index contributed by atoms with van der Waals surface area (Å²) in [6, 6.07) is 11.9. The van der Waals surface area contributed by atoms with Crippen LogP contribution < -0.4 is 10.6 Å². The van der Waals surface area contributed by atoms with Gasteiger partial charge in [-0.3, -0.25) is 4.98 Å². The summed E-state index contributed by atoms with van der Waals surface area (Å²) < 4.78 is 0. The number of benzene rings is 1. The Kier molecular flexibility index (Phi) is 3.52. The van der Waals surface area contributed by atoms with Crippen molar-refractivity contribution >= 4 is 16.6 Å². The van der Waals surface area contributed by atoms with Crippen molar-refractivity contribution in [2.75, 3.05) is 11.9 Å². The summed E-state index contributed by atoms with van der Waals surface area (Å²) >= 11 is 0. The highest BCUT2D eigenvalue weighted by Gasteiger charge is 2.34. The van der Waals surface area contributed by atoms with Gasteiger partial charge in [0, 0.05) is 29.4 Å². The third-order valence-electron chi connectivity index (χ3n) is 5.17. The van der Waals surface area contributed by atoms with Gasteiger partial charge in [0.15, 0.2) is 0 Å². The first-order valence-electron chi connectivity index (χ1n) is 8.25. The van der Waals surface area contributed by atoms with Crippen molar-refractivity contribution in [2.45, 2.75) is 44.2 Å². The molecule has 2 N–H and O–H groups in total. The number of hydrogen-bond acceptors (Lipinski definition) is 3.